The first-order chi connectivity index (χ1) is 12.2. The van der Waals surface area contributed by atoms with Crippen molar-refractivity contribution in [3.05, 3.63) is 65.2 Å². The number of halogens is 1. The van der Waals surface area contributed by atoms with Gasteiger partial charge in [0.25, 0.3) is 0 Å². The summed E-state index contributed by atoms with van der Waals surface area (Å²) in [4.78, 5) is 14.8. The first-order valence-electron chi connectivity index (χ1n) is 9.05. The molecular formula is C21H25ClN2O. The number of amides is 1. The molecule has 1 atom stereocenters. The van der Waals surface area contributed by atoms with Gasteiger partial charge in [-0.3, -0.25) is 9.69 Å². The molecule has 1 saturated heterocycles. The average molecular weight is 357 g/mol. The van der Waals surface area contributed by atoms with Crippen molar-refractivity contribution in [2.75, 3.05) is 18.4 Å². The molecule has 132 valence electrons. The van der Waals surface area contributed by atoms with Gasteiger partial charge >= 0.3 is 0 Å². The minimum absolute atomic E-state index is 0.0251. The fourth-order valence-corrected chi connectivity index (χ4v) is 3.68. The van der Waals surface area contributed by atoms with Crippen LogP contribution in [0.25, 0.3) is 0 Å². The summed E-state index contributed by atoms with van der Waals surface area (Å²) >= 11 is 6.11. The third-order valence-electron chi connectivity index (χ3n) is 4.84. The van der Waals surface area contributed by atoms with E-state index in [-0.39, 0.29) is 5.91 Å². The van der Waals surface area contributed by atoms with Crippen molar-refractivity contribution in [2.24, 2.45) is 0 Å². The zero-order chi connectivity index (χ0) is 17.5. The molecule has 1 amide bonds. The van der Waals surface area contributed by atoms with Gasteiger partial charge in [-0.25, -0.2) is 0 Å². The maximum absolute atomic E-state index is 12.3. The van der Waals surface area contributed by atoms with Crippen molar-refractivity contribution in [2.45, 2.75) is 38.1 Å². The van der Waals surface area contributed by atoms with E-state index in [4.69, 9.17) is 11.6 Å². The van der Waals surface area contributed by atoms with Gasteiger partial charge < -0.3 is 5.32 Å². The molecule has 1 unspecified atom stereocenters. The SMILES string of the molecule is O=C(CCN1CCCCC1Cc1ccccc1)Nc1ccccc1Cl. The number of nitrogens with zero attached hydrogens (tertiary/aromatic N) is 1. The fourth-order valence-electron chi connectivity index (χ4n) is 3.49. The molecule has 1 N–H and O–H groups in total. The standard InChI is InChI=1S/C21H25ClN2O/c22-19-11-4-5-12-20(19)23-21(25)13-15-24-14-7-6-10-18(24)16-17-8-2-1-3-9-17/h1-5,8-9,11-12,18H,6-7,10,13-16H2,(H,23,25). The maximum atomic E-state index is 12.3. The number of nitrogens with one attached hydrogen (secondary N) is 1. The van der Waals surface area contributed by atoms with E-state index in [2.05, 4.69) is 40.5 Å². The maximum Gasteiger partial charge on any atom is 0.225 e. The largest absolute Gasteiger partial charge is 0.325 e. The van der Waals surface area contributed by atoms with Gasteiger partial charge in [0, 0.05) is 19.0 Å². The van der Waals surface area contributed by atoms with E-state index < -0.39 is 0 Å². The number of benzene rings is 2. The Labute approximate surface area is 155 Å². The Morgan fingerprint density at radius 2 is 1.84 bits per heavy atom. The van der Waals surface area contributed by atoms with E-state index in [1.165, 1.54) is 24.8 Å². The molecule has 0 bridgehead atoms. The van der Waals surface area contributed by atoms with Crippen molar-refractivity contribution in [1.82, 2.24) is 4.90 Å². The van der Waals surface area contributed by atoms with Crippen LogP contribution in [-0.2, 0) is 11.2 Å². The smallest absolute Gasteiger partial charge is 0.225 e. The van der Waals surface area contributed by atoms with Crippen molar-refractivity contribution < 1.29 is 4.79 Å². The van der Waals surface area contributed by atoms with Gasteiger partial charge in [0.2, 0.25) is 5.91 Å². The summed E-state index contributed by atoms with van der Waals surface area (Å²) in [6.45, 7) is 1.88. The highest BCUT2D eigenvalue weighted by Gasteiger charge is 2.23. The molecule has 1 fully saturated rings. The predicted molar refractivity (Wildman–Crippen MR) is 104 cm³/mol. The molecule has 1 heterocycles. The second kappa shape index (κ2) is 9.02. The molecule has 3 rings (SSSR count). The quantitative estimate of drug-likeness (QED) is 0.808. The Hall–Kier alpha value is -1.84. The van der Waals surface area contributed by atoms with E-state index in [1.54, 1.807) is 6.07 Å². The van der Waals surface area contributed by atoms with Crippen molar-refractivity contribution in [1.29, 1.82) is 0 Å². The Morgan fingerprint density at radius 1 is 1.08 bits per heavy atom. The van der Waals surface area contributed by atoms with Crippen LogP contribution >= 0.6 is 11.6 Å². The molecule has 2 aromatic carbocycles. The summed E-state index contributed by atoms with van der Waals surface area (Å²) in [7, 11) is 0. The van der Waals surface area contributed by atoms with Gasteiger partial charge in [0.05, 0.1) is 10.7 Å². The van der Waals surface area contributed by atoms with Gasteiger partial charge in [0.1, 0.15) is 0 Å². The monoisotopic (exact) mass is 356 g/mol. The zero-order valence-corrected chi connectivity index (χ0v) is 15.2. The third kappa shape index (κ3) is 5.32. The number of hydrogen-bond acceptors (Lipinski definition) is 2. The molecule has 4 heteroatoms. The molecule has 1 aliphatic rings. The number of hydrogen-bond donors (Lipinski definition) is 1. The van der Waals surface area contributed by atoms with Crippen LogP contribution in [0.4, 0.5) is 5.69 Å². The third-order valence-corrected chi connectivity index (χ3v) is 5.17. The second-order valence-corrected chi connectivity index (χ2v) is 7.06. The molecule has 0 radical (unpaired) electrons. The van der Waals surface area contributed by atoms with Crippen molar-refractivity contribution in [3.63, 3.8) is 0 Å². The van der Waals surface area contributed by atoms with Crippen LogP contribution in [-0.4, -0.2) is 29.9 Å². The number of piperidine rings is 1. The number of carbonyl (C=O) groups is 1. The van der Waals surface area contributed by atoms with Crippen LogP contribution in [0.3, 0.4) is 0 Å². The molecule has 3 nitrogen and oxygen atoms in total. The Balaban J connectivity index is 1.53. The number of rotatable bonds is 6. The zero-order valence-electron chi connectivity index (χ0n) is 14.5. The molecule has 0 spiro atoms. The summed E-state index contributed by atoms with van der Waals surface area (Å²) in [6, 6.07) is 18.5. The molecular weight excluding hydrogens is 332 g/mol. The van der Waals surface area contributed by atoms with Gasteiger partial charge in [-0.1, -0.05) is 60.5 Å². The Morgan fingerprint density at radius 3 is 2.64 bits per heavy atom. The lowest BCUT2D eigenvalue weighted by Gasteiger charge is -2.35. The predicted octanol–water partition coefficient (Wildman–Crippen LogP) is 4.77. The molecule has 2 aromatic rings. The minimum Gasteiger partial charge on any atom is -0.325 e. The van der Waals surface area contributed by atoms with E-state index in [0.717, 1.165) is 19.5 Å². The van der Waals surface area contributed by atoms with Crippen LogP contribution in [0.5, 0.6) is 0 Å². The summed E-state index contributed by atoms with van der Waals surface area (Å²) < 4.78 is 0. The lowest BCUT2D eigenvalue weighted by Crippen LogP contribution is -2.42. The molecule has 25 heavy (non-hydrogen) atoms. The van der Waals surface area contributed by atoms with Crippen molar-refractivity contribution in [3.8, 4) is 0 Å². The highest BCUT2D eigenvalue weighted by atomic mass is 35.5. The van der Waals surface area contributed by atoms with Crippen LogP contribution in [0.1, 0.15) is 31.2 Å². The summed E-state index contributed by atoms with van der Waals surface area (Å²) in [5, 5.41) is 3.50. The van der Waals surface area contributed by atoms with Crippen LogP contribution in [0.2, 0.25) is 5.02 Å². The minimum atomic E-state index is 0.0251. The molecule has 0 aromatic heterocycles. The Bertz CT molecular complexity index is 689. The van der Waals surface area contributed by atoms with Gasteiger partial charge in [-0.15, -0.1) is 0 Å². The average Bonchev–Trinajstić information content (AvgIpc) is 2.64. The molecule has 0 saturated carbocycles. The highest BCUT2D eigenvalue weighted by molar-refractivity contribution is 6.33. The lowest BCUT2D eigenvalue weighted by atomic mass is 9.95. The molecule has 1 aliphatic heterocycles. The highest BCUT2D eigenvalue weighted by Crippen LogP contribution is 2.22. The van der Waals surface area contributed by atoms with Gasteiger partial charge in [-0.2, -0.15) is 0 Å². The van der Waals surface area contributed by atoms with Crippen LogP contribution < -0.4 is 5.32 Å². The van der Waals surface area contributed by atoms with E-state index in [1.807, 2.05) is 18.2 Å². The topological polar surface area (TPSA) is 32.3 Å². The lowest BCUT2D eigenvalue weighted by molar-refractivity contribution is -0.116. The normalized spacial score (nSPS) is 18.0. The van der Waals surface area contributed by atoms with Gasteiger partial charge in [0.15, 0.2) is 0 Å². The molecule has 0 aliphatic carbocycles. The number of anilines is 1. The van der Waals surface area contributed by atoms with E-state index in [9.17, 15) is 4.79 Å². The van der Waals surface area contributed by atoms with E-state index >= 15 is 0 Å². The Kier molecular flexibility index (Phi) is 6.48. The van der Waals surface area contributed by atoms with Gasteiger partial charge in [-0.05, 0) is 43.5 Å². The van der Waals surface area contributed by atoms with Crippen molar-refractivity contribution >= 4 is 23.2 Å². The van der Waals surface area contributed by atoms with Crippen LogP contribution in [0, 0.1) is 0 Å². The number of para-hydroxylation sites is 1. The first kappa shape index (κ1) is 18.0. The summed E-state index contributed by atoms with van der Waals surface area (Å²) in [6.07, 6.45) is 5.27. The first-order valence-corrected chi connectivity index (χ1v) is 9.42. The summed E-state index contributed by atoms with van der Waals surface area (Å²) in [5.41, 5.74) is 2.06. The fraction of sp³-hybridized carbons (Fsp3) is 0.381. The van der Waals surface area contributed by atoms with E-state index in [0.29, 0.717) is 23.2 Å². The number of carbonyl (C=O) groups excluding carboxylic acids is 1. The number of likely N-dealkylation sites (tertiary alicyclic amines) is 1. The van der Waals surface area contributed by atoms with Crippen LogP contribution in [0.15, 0.2) is 54.6 Å². The summed E-state index contributed by atoms with van der Waals surface area (Å²) in [5.74, 6) is 0.0251. The second-order valence-electron chi connectivity index (χ2n) is 6.65.